The fourth-order valence-electron chi connectivity index (χ4n) is 3.80. The Morgan fingerprint density at radius 1 is 1.16 bits per heavy atom. The Morgan fingerprint density at radius 3 is 2.47 bits per heavy atom. The zero-order valence-electron chi connectivity index (χ0n) is 18.3. The van der Waals surface area contributed by atoms with Gasteiger partial charge in [-0.3, -0.25) is 4.57 Å². The number of aryl methyl sites for hydroxylation is 1. The van der Waals surface area contributed by atoms with Gasteiger partial charge >= 0.3 is 5.97 Å². The molecule has 164 valence electrons. The Labute approximate surface area is 191 Å². The van der Waals surface area contributed by atoms with Crippen LogP contribution in [0.2, 0.25) is 5.02 Å². The zero-order valence-corrected chi connectivity index (χ0v) is 19.1. The molecule has 0 aliphatic heterocycles. The van der Waals surface area contributed by atoms with E-state index in [1.54, 1.807) is 24.7 Å². The summed E-state index contributed by atoms with van der Waals surface area (Å²) in [5, 5.41) is 11.5. The third kappa shape index (κ3) is 4.38. The lowest BCUT2D eigenvalue weighted by molar-refractivity contribution is -0.160. The van der Waals surface area contributed by atoms with Gasteiger partial charge in [0.25, 0.3) is 0 Å². The number of nitrogens with zero attached hydrogens (tertiary/aromatic N) is 3. The van der Waals surface area contributed by atoms with Crippen LogP contribution in [-0.4, -0.2) is 31.2 Å². The summed E-state index contributed by atoms with van der Waals surface area (Å²) in [5.41, 5.74) is 3.12. The van der Waals surface area contributed by atoms with E-state index in [4.69, 9.17) is 21.3 Å². The summed E-state index contributed by atoms with van der Waals surface area (Å²) < 4.78 is 7.85. The number of rotatable bonds is 5. The fraction of sp³-hybridized carbons (Fsp3) is 0.240. The molecule has 0 radical (unpaired) electrons. The largest absolute Gasteiger partial charge is 0.479 e. The number of benzene rings is 2. The van der Waals surface area contributed by atoms with Gasteiger partial charge in [-0.05, 0) is 74.7 Å². The normalized spacial score (nSPS) is 12.8. The molecule has 0 saturated carbocycles. The first kappa shape index (κ1) is 22.0. The van der Waals surface area contributed by atoms with E-state index in [9.17, 15) is 9.90 Å². The number of carboxylic acids is 1. The summed E-state index contributed by atoms with van der Waals surface area (Å²) in [4.78, 5) is 21.2. The lowest BCUT2D eigenvalue weighted by Crippen LogP contribution is -2.28. The highest BCUT2D eigenvalue weighted by atomic mass is 35.5. The molecule has 2 aromatic carbocycles. The Kier molecular flexibility index (Phi) is 5.75. The second kappa shape index (κ2) is 8.37. The molecule has 0 fully saturated rings. The Morgan fingerprint density at radius 2 is 1.88 bits per heavy atom. The molecule has 4 rings (SSSR count). The second-order valence-corrected chi connectivity index (χ2v) is 9.08. The number of carboxylic acid groups (broad SMARTS) is 1. The van der Waals surface area contributed by atoms with Crippen molar-refractivity contribution in [3.8, 4) is 16.9 Å². The number of hydrogen-bond acceptors (Lipinski definition) is 4. The first-order valence-corrected chi connectivity index (χ1v) is 10.6. The zero-order chi connectivity index (χ0) is 23.0. The van der Waals surface area contributed by atoms with E-state index in [1.165, 1.54) is 0 Å². The standard InChI is InChI=1S/C25H24ClN3O3/c1-15-13-19-18(9-10-20(28-19)29-12-11-27-14-29)22(16-5-7-17(26)8-6-16)21(15)23(24(30)31)32-25(2,3)4/h5-14,23H,1-4H3,(H,30,31)/t23-/m0/s1. The molecule has 2 heterocycles. The molecule has 0 bridgehead atoms. The number of imidazole rings is 1. The average Bonchev–Trinajstić information content (AvgIpc) is 3.26. The van der Waals surface area contributed by atoms with Crippen molar-refractivity contribution in [2.45, 2.75) is 39.4 Å². The van der Waals surface area contributed by atoms with Gasteiger partial charge in [-0.25, -0.2) is 14.8 Å². The molecular formula is C25H24ClN3O3. The number of halogens is 1. The van der Waals surface area contributed by atoms with E-state index in [0.717, 1.165) is 33.4 Å². The van der Waals surface area contributed by atoms with E-state index < -0.39 is 17.7 Å². The quantitative estimate of drug-likeness (QED) is 0.405. The molecule has 1 atom stereocenters. The van der Waals surface area contributed by atoms with Crippen molar-refractivity contribution in [2.24, 2.45) is 0 Å². The maximum Gasteiger partial charge on any atom is 0.337 e. The molecule has 1 N–H and O–H groups in total. The van der Waals surface area contributed by atoms with Gasteiger partial charge in [0.05, 0.1) is 11.1 Å². The van der Waals surface area contributed by atoms with Crippen molar-refractivity contribution in [3.05, 3.63) is 77.3 Å². The molecular weight excluding hydrogens is 426 g/mol. The first-order valence-electron chi connectivity index (χ1n) is 10.2. The third-order valence-electron chi connectivity index (χ3n) is 5.09. The van der Waals surface area contributed by atoms with Crippen molar-refractivity contribution in [1.82, 2.24) is 14.5 Å². The Balaban J connectivity index is 2.03. The van der Waals surface area contributed by atoms with Gasteiger partial charge in [0.2, 0.25) is 0 Å². The van der Waals surface area contributed by atoms with Gasteiger partial charge < -0.3 is 9.84 Å². The van der Waals surface area contributed by atoms with Crippen LogP contribution >= 0.6 is 11.6 Å². The van der Waals surface area contributed by atoms with Crippen LogP contribution in [0.3, 0.4) is 0 Å². The van der Waals surface area contributed by atoms with E-state index in [0.29, 0.717) is 10.6 Å². The van der Waals surface area contributed by atoms with Crippen LogP contribution in [0.15, 0.2) is 61.2 Å². The van der Waals surface area contributed by atoms with Gasteiger partial charge in [0, 0.05) is 28.4 Å². The number of carbonyl (C=O) groups is 1. The van der Waals surface area contributed by atoms with Crippen LogP contribution in [0.5, 0.6) is 0 Å². The van der Waals surface area contributed by atoms with Crippen LogP contribution in [0, 0.1) is 6.92 Å². The van der Waals surface area contributed by atoms with Gasteiger partial charge in [-0.1, -0.05) is 23.7 Å². The predicted octanol–water partition coefficient (Wildman–Crippen LogP) is 5.99. The molecule has 0 aliphatic rings. The summed E-state index contributed by atoms with van der Waals surface area (Å²) in [6, 6.07) is 13.1. The van der Waals surface area contributed by atoms with Crippen molar-refractivity contribution in [2.75, 3.05) is 0 Å². The van der Waals surface area contributed by atoms with Crippen LogP contribution in [0.25, 0.3) is 27.8 Å². The van der Waals surface area contributed by atoms with Crippen molar-refractivity contribution in [3.63, 3.8) is 0 Å². The number of pyridine rings is 1. The molecule has 4 aromatic rings. The summed E-state index contributed by atoms with van der Waals surface area (Å²) in [7, 11) is 0. The predicted molar refractivity (Wildman–Crippen MR) is 125 cm³/mol. The lowest BCUT2D eigenvalue weighted by atomic mass is 9.88. The summed E-state index contributed by atoms with van der Waals surface area (Å²) in [6.45, 7) is 7.43. The SMILES string of the molecule is Cc1cc2nc(-n3ccnc3)ccc2c(-c2ccc(Cl)cc2)c1[C@H](OC(C)(C)C)C(=O)O. The number of hydrogen-bond donors (Lipinski definition) is 1. The van der Waals surface area contributed by atoms with Crippen molar-refractivity contribution >= 4 is 28.5 Å². The van der Waals surface area contributed by atoms with E-state index >= 15 is 0 Å². The number of aliphatic carboxylic acids is 1. The highest BCUT2D eigenvalue weighted by Gasteiger charge is 2.31. The van der Waals surface area contributed by atoms with E-state index in [1.807, 2.05) is 68.8 Å². The van der Waals surface area contributed by atoms with Gasteiger partial charge in [0.1, 0.15) is 12.1 Å². The van der Waals surface area contributed by atoms with Crippen LogP contribution in [-0.2, 0) is 9.53 Å². The van der Waals surface area contributed by atoms with Gasteiger partial charge in [0.15, 0.2) is 6.10 Å². The minimum absolute atomic E-state index is 0.605. The van der Waals surface area contributed by atoms with Gasteiger partial charge in [-0.15, -0.1) is 0 Å². The third-order valence-corrected chi connectivity index (χ3v) is 5.34. The summed E-state index contributed by atoms with van der Waals surface area (Å²) in [6.07, 6.45) is 4.07. The van der Waals surface area contributed by atoms with Crippen molar-refractivity contribution < 1.29 is 14.6 Å². The topological polar surface area (TPSA) is 77.2 Å². The maximum absolute atomic E-state index is 12.3. The average molecular weight is 450 g/mol. The fourth-order valence-corrected chi connectivity index (χ4v) is 3.93. The molecule has 0 unspecified atom stereocenters. The number of aromatic nitrogens is 3. The molecule has 0 aliphatic carbocycles. The molecule has 6 nitrogen and oxygen atoms in total. The van der Waals surface area contributed by atoms with Crippen LogP contribution < -0.4 is 0 Å². The summed E-state index contributed by atoms with van der Waals surface area (Å²) >= 11 is 6.13. The number of ether oxygens (including phenoxy) is 1. The summed E-state index contributed by atoms with van der Waals surface area (Å²) in [5.74, 6) is -0.314. The minimum atomic E-state index is -1.14. The van der Waals surface area contributed by atoms with Crippen LogP contribution in [0.4, 0.5) is 0 Å². The Bertz CT molecular complexity index is 1280. The molecule has 32 heavy (non-hydrogen) atoms. The highest BCUT2D eigenvalue weighted by molar-refractivity contribution is 6.30. The monoisotopic (exact) mass is 449 g/mol. The second-order valence-electron chi connectivity index (χ2n) is 8.64. The lowest BCUT2D eigenvalue weighted by Gasteiger charge is -2.28. The maximum atomic E-state index is 12.3. The Hall–Kier alpha value is -3.22. The molecule has 7 heteroatoms. The van der Waals surface area contributed by atoms with Crippen LogP contribution in [0.1, 0.15) is 38.0 Å². The van der Waals surface area contributed by atoms with E-state index in [-0.39, 0.29) is 0 Å². The highest BCUT2D eigenvalue weighted by Crippen LogP contribution is 2.40. The number of fused-ring (bicyclic) bond motifs is 1. The van der Waals surface area contributed by atoms with Crippen molar-refractivity contribution in [1.29, 1.82) is 0 Å². The van der Waals surface area contributed by atoms with Gasteiger partial charge in [-0.2, -0.15) is 0 Å². The minimum Gasteiger partial charge on any atom is -0.479 e. The molecule has 0 saturated heterocycles. The molecule has 0 spiro atoms. The smallest absolute Gasteiger partial charge is 0.337 e. The van der Waals surface area contributed by atoms with E-state index in [2.05, 4.69) is 4.98 Å². The molecule has 0 amide bonds. The first-order chi connectivity index (χ1) is 15.1. The molecule has 2 aromatic heterocycles.